The zero-order valence-electron chi connectivity index (χ0n) is 14.1. The second-order valence-corrected chi connectivity index (χ2v) is 7.81. The highest BCUT2D eigenvalue weighted by Crippen LogP contribution is 2.23. The Kier molecular flexibility index (Phi) is 8.19. The largest absolute Gasteiger partial charge is 0.381 e. The summed E-state index contributed by atoms with van der Waals surface area (Å²) in [5, 5.41) is 3.08. The summed E-state index contributed by atoms with van der Waals surface area (Å²) < 4.78 is 32.5. The van der Waals surface area contributed by atoms with E-state index in [9.17, 15) is 8.78 Å². The fourth-order valence-corrected chi connectivity index (χ4v) is 1.77. The van der Waals surface area contributed by atoms with Crippen molar-refractivity contribution in [1.29, 1.82) is 0 Å². The predicted octanol–water partition coefficient (Wildman–Crippen LogP) is 4.63. The zero-order chi connectivity index (χ0) is 15.9. The molecule has 0 aromatic heterocycles. The standard InChI is InChI=1S/C16H33F2NO/c1-14(2,3)8-7-12-20-13-10-16(17,18)9-11-19-15(4,5)6/h19H,7-13H2,1-6H3. The summed E-state index contributed by atoms with van der Waals surface area (Å²) in [5.74, 6) is -2.64. The molecule has 0 saturated carbocycles. The topological polar surface area (TPSA) is 21.3 Å². The molecule has 0 bridgehead atoms. The third-order valence-corrected chi connectivity index (χ3v) is 2.97. The van der Waals surface area contributed by atoms with Crippen LogP contribution in [0.25, 0.3) is 0 Å². The van der Waals surface area contributed by atoms with E-state index in [0.29, 0.717) is 13.2 Å². The number of alkyl halides is 2. The lowest BCUT2D eigenvalue weighted by molar-refractivity contribution is -0.0406. The summed E-state index contributed by atoms with van der Waals surface area (Å²) >= 11 is 0. The van der Waals surface area contributed by atoms with Crippen molar-refractivity contribution >= 4 is 0 Å². The Balaban J connectivity index is 3.62. The highest BCUT2D eigenvalue weighted by molar-refractivity contribution is 4.74. The highest BCUT2D eigenvalue weighted by Gasteiger charge is 2.28. The molecule has 0 unspecified atom stereocenters. The molecular formula is C16H33F2NO. The van der Waals surface area contributed by atoms with E-state index < -0.39 is 5.92 Å². The van der Waals surface area contributed by atoms with Gasteiger partial charge in [0.05, 0.1) is 6.61 Å². The van der Waals surface area contributed by atoms with Crippen molar-refractivity contribution in [1.82, 2.24) is 5.32 Å². The Hall–Kier alpha value is -0.220. The molecule has 0 spiro atoms. The molecular weight excluding hydrogens is 260 g/mol. The van der Waals surface area contributed by atoms with E-state index in [-0.39, 0.29) is 30.4 Å². The summed E-state index contributed by atoms with van der Waals surface area (Å²) in [6, 6.07) is 0. The van der Waals surface area contributed by atoms with E-state index in [1.807, 2.05) is 20.8 Å². The fourth-order valence-electron chi connectivity index (χ4n) is 1.77. The first-order valence-corrected chi connectivity index (χ1v) is 7.62. The molecule has 2 nitrogen and oxygen atoms in total. The highest BCUT2D eigenvalue weighted by atomic mass is 19.3. The Labute approximate surface area is 123 Å². The van der Waals surface area contributed by atoms with E-state index >= 15 is 0 Å². The third-order valence-electron chi connectivity index (χ3n) is 2.97. The quantitative estimate of drug-likeness (QED) is 0.626. The summed E-state index contributed by atoms with van der Waals surface area (Å²) in [5.41, 5.74) is 0.172. The van der Waals surface area contributed by atoms with Crippen LogP contribution < -0.4 is 5.32 Å². The molecule has 0 saturated heterocycles. The van der Waals surface area contributed by atoms with Crippen molar-refractivity contribution in [3.63, 3.8) is 0 Å². The summed E-state index contributed by atoms with van der Waals surface area (Å²) in [7, 11) is 0. The van der Waals surface area contributed by atoms with E-state index in [4.69, 9.17) is 4.74 Å². The average molecular weight is 293 g/mol. The molecule has 0 rings (SSSR count). The van der Waals surface area contributed by atoms with E-state index in [1.165, 1.54) is 0 Å². The van der Waals surface area contributed by atoms with Crippen molar-refractivity contribution < 1.29 is 13.5 Å². The minimum absolute atomic E-state index is 0.112. The van der Waals surface area contributed by atoms with E-state index in [1.54, 1.807) is 0 Å². The lowest BCUT2D eigenvalue weighted by Gasteiger charge is -2.23. The van der Waals surface area contributed by atoms with Crippen LogP contribution in [0.5, 0.6) is 0 Å². The molecule has 0 atom stereocenters. The molecule has 0 aromatic carbocycles. The molecule has 0 radical (unpaired) electrons. The van der Waals surface area contributed by atoms with Gasteiger partial charge in [-0.2, -0.15) is 0 Å². The first-order chi connectivity index (χ1) is 8.91. The predicted molar refractivity (Wildman–Crippen MR) is 81.4 cm³/mol. The number of hydrogen-bond donors (Lipinski definition) is 1. The fraction of sp³-hybridized carbons (Fsp3) is 1.00. The number of halogens is 2. The van der Waals surface area contributed by atoms with Crippen LogP contribution in [0.1, 0.15) is 67.2 Å². The van der Waals surface area contributed by atoms with Gasteiger partial charge >= 0.3 is 0 Å². The summed E-state index contributed by atoms with van der Waals surface area (Å²) in [4.78, 5) is 0. The Bertz CT molecular complexity index is 254. The van der Waals surface area contributed by atoms with Gasteiger partial charge in [-0.05, 0) is 39.0 Å². The first-order valence-electron chi connectivity index (χ1n) is 7.62. The van der Waals surface area contributed by atoms with Crippen molar-refractivity contribution in [2.45, 2.75) is 78.7 Å². The molecule has 0 aliphatic carbocycles. The molecule has 20 heavy (non-hydrogen) atoms. The second kappa shape index (κ2) is 8.28. The Morgan fingerprint density at radius 1 is 0.850 bits per heavy atom. The zero-order valence-corrected chi connectivity index (χ0v) is 14.1. The van der Waals surface area contributed by atoms with Crippen LogP contribution in [0.2, 0.25) is 0 Å². The Morgan fingerprint density at radius 2 is 1.45 bits per heavy atom. The van der Waals surface area contributed by atoms with Crippen LogP contribution in [0.3, 0.4) is 0 Å². The van der Waals surface area contributed by atoms with Crippen LogP contribution in [0.4, 0.5) is 8.78 Å². The third kappa shape index (κ3) is 14.2. The first kappa shape index (κ1) is 19.8. The summed E-state index contributed by atoms with van der Waals surface area (Å²) in [6.07, 6.45) is 1.67. The maximum Gasteiger partial charge on any atom is 0.251 e. The Morgan fingerprint density at radius 3 is 1.95 bits per heavy atom. The molecule has 0 aliphatic rings. The van der Waals surface area contributed by atoms with Crippen LogP contribution in [-0.2, 0) is 4.74 Å². The lowest BCUT2D eigenvalue weighted by Crippen LogP contribution is -2.38. The maximum atomic E-state index is 13.6. The van der Waals surface area contributed by atoms with Crippen molar-refractivity contribution in [2.75, 3.05) is 19.8 Å². The molecule has 0 fully saturated rings. The number of nitrogens with one attached hydrogen (secondary N) is 1. The molecule has 0 heterocycles. The van der Waals surface area contributed by atoms with Gasteiger partial charge in [0.1, 0.15) is 0 Å². The van der Waals surface area contributed by atoms with Crippen molar-refractivity contribution in [3.05, 3.63) is 0 Å². The van der Waals surface area contributed by atoms with Crippen LogP contribution in [-0.4, -0.2) is 31.2 Å². The van der Waals surface area contributed by atoms with Gasteiger partial charge in [-0.15, -0.1) is 0 Å². The smallest absolute Gasteiger partial charge is 0.251 e. The minimum atomic E-state index is -2.64. The van der Waals surface area contributed by atoms with Crippen LogP contribution >= 0.6 is 0 Å². The molecule has 122 valence electrons. The van der Waals surface area contributed by atoms with Gasteiger partial charge in [0.2, 0.25) is 0 Å². The van der Waals surface area contributed by atoms with E-state index in [0.717, 1.165) is 12.8 Å². The van der Waals surface area contributed by atoms with Gasteiger partial charge < -0.3 is 10.1 Å². The SMILES string of the molecule is CC(C)(C)CCCOCCC(F)(F)CCNC(C)(C)C. The normalized spacial score (nSPS) is 13.8. The molecule has 0 aromatic rings. The van der Waals surface area contributed by atoms with Crippen molar-refractivity contribution in [3.8, 4) is 0 Å². The molecule has 1 N–H and O–H groups in total. The minimum Gasteiger partial charge on any atom is -0.381 e. The summed E-state index contributed by atoms with van der Waals surface area (Å²) in [6.45, 7) is 13.5. The molecule has 0 aliphatic heterocycles. The van der Waals surface area contributed by atoms with Crippen LogP contribution in [0.15, 0.2) is 0 Å². The monoisotopic (exact) mass is 293 g/mol. The van der Waals surface area contributed by atoms with Crippen molar-refractivity contribution in [2.24, 2.45) is 5.41 Å². The van der Waals surface area contributed by atoms with E-state index in [2.05, 4.69) is 26.1 Å². The van der Waals surface area contributed by atoms with Gasteiger partial charge in [-0.25, -0.2) is 8.78 Å². The van der Waals surface area contributed by atoms with Gasteiger partial charge in [0.15, 0.2) is 0 Å². The molecule has 0 amide bonds. The van der Waals surface area contributed by atoms with Gasteiger partial charge in [-0.3, -0.25) is 0 Å². The maximum absolute atomic E-state index is 13.6. The van der Waals surface area contributed by atoms with Gasteiger partial charge in [-0.1, -0.05) is 20.8 Å². The average Bonchev–Trinajstić information content (AvgIpc) is 2.19. The lowest BCUT2D eigenvalue weighted by atomic mass is 9.91. The number of ether oxygens (including phenoxy) is 1. The molecule has 4 heteroatoms. The number of hydrogen-bond acceptors (Lipinski definition) is 2. The second-order valence-electron chi connectivity index (χ2n) is 7.81. The van der Waals surface area contributed by atoms with Gasteiger partial charge in [0.25, 0.3) is 5.92 Å². The number of rotatable bonds is 9. The van der Waals surface area contributed by atoms with Gasteiger partial charge in [0, 0.05) is 31.5 Å². The van der Waals surface area contributed by atoms with Crippen LogP contribution in [0, 0.1) is 5.41 Å².